The Morgan fingerprint density at radius 1 is 1.33 bits per heavy atom. The molecule has 1 aromatic heterocycles. The van der Waals surface area contributed by atoms with Crippen molar-refractivity contribution in [3.63, 3.8) is 0 Å². The first-order chi connectivity index (χ1) is 8.79. The fourth-order valence-corrected chi connectivity index (χ4v) is 2.41. The second kappa shape index (κ2) is 6.03. The molecule has 18 heavy (non-hydrogen) atoms. The number of anilines is 2. The van der Waals surface area contributed by atoms with E-state index in [0.29, 0.717) is 18.1 Å². The average Bonchev–Trinajstić information content (AvgIpc) is 2.81. The summed E-state index contributed by atoms with van der Waals surface area (Å²) >= 11 is 1.49. The van der Waals surface area contributed by atoms with Crippen LogP contribution in [0.15, 0.2) is 36.5 Å². The summed E-state index contributed by atoms with van der Waals surface area (Å²) in [6.45, 7) is 1.44. The monoisotopic (exact) mass is 258 g/mol. The molecule has 0 aliphatic carbocycles. The van der Waals surface area contributed by atoms with Crippen LogP contribution in [0.25, 0.3) is 0 Å². The Bertz CT molecular complexity index is 529. The van der Waals surface area contributed by atoms with Gasteiger partial charge >= 0.3 is 0 Å². The molecule has 0 bridgehead atoms. The maximum atomic E-state index is 8.73. The van der Waals surface area contributed by atoms with Crippen molar-refractivity contribution in [2.75, 3.05) is 17.2 Å². The number of hydrogen-bond donors (Lipinski definition) is 1. The number of nitriles is 1. The summed E-state index contributed by atoms with van der Waals surface area (Å²) in [5.41, 5.74) is 6.74. The SMILES string of the molecule is N#CCCN(Cc1cnc(N)s1)c1ccccc1. The van der Waals surface area contributed by atoms with Crippen molar-refractivity contribution in [1.29, 1.82) is 5.26 Å². The lowest BCUT2D eigenvalue weighted by Crippen LogP contribution is -2.23. The standard InChI is InChI=1S/C13H14N4S/c14-7-4-8-17(11-5-2-1-3-6-11)10-12-9-16-13(15)18-12/h1-3,5-6,9H,4,8,10H2,(H2,15,16). The number of hydrogen-bond acceptors (Lipinski definition) is 5. The topological polar surface area (TPSA) is 65.9 Å². The highest BCUT2D eigenvalue weighted by Crippen LogP contribution is 2.21. The van der Waals surface area contributed by atoms with E-state index in [1.165, 1.54) is 11.3 Å². The van der Waals surface area contributed by atoms with E-state index in [1.54, 1.807) is 6.20 Å². The largest absolute Gasteiger partial charge is 0.375 e. The predicted molar refractivity (Wildman–Crippen MR) is 74.2 cm³/mol. The summed E-state index contributed by atoms with van der Waals surface area (Å²) in [7, 11) is 0. The van der Waals surface area contributed by atoms with Gasteiger partial charge in [0.2, 0.25) is 0 Å². The zero-order valence-corrected chi connectivity index (χ0v) is 10.7. The van der Waals surface area contributed by atoms with Gasteiger partial charge in [-0.2, -0.15) is 5.26 Å². The maximum Gasteiger partial charge on any atom is 0.180 e. The molecule has 0 unspecified atom stereocenters. The summed E-state index contributed by atoms with van der Waals surface area (Å²) in [6.07, 6.45) is 2.30. The molecule has 1 heterocycles. The molecule has 92 valence electrons. The molecule has 0 aliphatic heterocycles. The van der Waals surface area contributed by atoms with E-state index in [4.69, 9.17) is 11.0 Å². The van der Waals surface area contributed by atoms with Crippen molar-refractivity contribution in [3.05, 3.63) is 41.4 Å². The normalized spacial score (nSPS) is 9.94. The average molecular weight is 258 g/mol. The van der Waals surface area contributed by atoms with Gasteiger partial charge in [-0.1, -0.05) is 18.2 Å². The molecule has 5 heteroatoms. The minimum Gasteiger partial charge on any atom is -0.375 e. The summed E-state index contributed by atoms with van der Waals surface area (Å²) in [4.78, 5) is 7.32. The lowest BCUT2D eigenvalue weighted by Gasteiger charge is -2.22. The highest BCUT2D eigenvalue weighted by Gasteiger charge is 2.08. The molecule has 0 saturated carbocycles. The summed E-state index contributed by atoms with van der Waals surface area (Å²) in [6, 6.07) is 12.2. The van der Waals surface area contributed by atoms with Gasteiger partial charge in [0.25, 0.3) is 0 Å². The molecule has 0 fully saturated rings. The molecule has 0 amide bonds. The molecule has 0 aliphatic rings. The fraction of sp³-hybridized carbons (Fsp3) is 0.231. The molecule has 0 atom stereocenters. The molecule has 0 spiro atoms. The number of rotatable bonds is 5. The van der Waals surface area contributed by atoms with Gasteiger partial charge < -0.3 is 10.6 Å². The molecule has 1 aromatic carbocycles. The number of thiazole rings is 1. The highest BCUT2D eigenvalue weighted by atomic mass is 32.1. The number of benzene rings is 1. The van der Waals surface area contributed by atoms with Crippen molar-refractivity contribution in [2.45, 2.75) is 13.0 Å². The van der Waals surface area contributed by atoms with Crippen LogP contribution in [0, 0.1) is 11.3 Å². The van der Waals surface area contributed by atoms with Crippen LogP contribution < -0.4 is 10.6 Å². The third-order valence-corrected chi connectivity index (χ3v) is 3.34. The van der Waals surface area contributed by atoms with Gasteiger partial charge in [0.1, 0.15) is 0 Å². The van der Waals surface area contributed by atoms with E-state index in [0.717, 1.165) is 17.1 Å². The van der Waals surface area contributed by atoms with Gasteiger partial charge in [0, 0.05) is 23.3 Å². The number of nitrogen functional groups attached to an aromatic ring is 1. The van der Waals surface area contributed by atoms with Gasteiger partial charge in [-0.05, 0) is 12.1 Å². The first-order valence-corrected chi connectivity index (χ1v) is 6.48. The van der Waals surface area contributed by atoms with Crippen molar-refractivity contribution >= 4 is 22.2 Å². The van der Waals surface area contributed by atoms with Gasteiger partial charge in [0.05, 0.1) is 19.0 Å². The first-order valence-electron chi connectivity index (χ1n) is 5.66. The van der Waals surface area contributed by atoms with E-state index in [9.17, 15) is 0 Å². The van der Waals surface area contributed by atoms with Gasteiger partial charge in [0.15, 0.2) is 5.13 Å². The molecular formula is C13H14N4S. The molecule has 2 aromatic rings. The lowest BCUT2D eigenvalue weighted by molar-refractivity contribution is 0.805. The Hall–Kier alpha value is -2.06. The molecule has 0 saturated heterocycles. The third kappa shape index (κ3) is 3.22. The molecular weight excluding hydrogens is 244 g/mol. The van der Waals surface area contributed by atoms with Crippen molar-refractivity contribution in [3.8, 4) is 6.07 Å². The van der Waals surface area contributed by atoms with Crippen LogP contribution in [0.4, 0.5) is 10.8 Å². The number of nitrogens with two attached hydrogens (primary N) is 1. The van der Waals surface area contributed by atoms with Crippen LogP contribution in [-0.2, 0) is 6.54 Å². The Morgan fingerprint density at radius 3 is 2.72 bits per heavy atom. The van der Waals surface area contributed by atoms with Crippen LogP contribution in [0.3, 0.4) is 0 Å². The summed E-state index contributed by atoms with van der Waals surface area (Å²) in [5.74, 6) is 0. The van der Waals surface area contributed by atoms with Gasteiger partial charge in [-0.3, -0.25) is 0 Å². The third-order valence-electron chi connectivity index (χ3n) is 2.53. The van der Waals surface area contributed by atoms with Crippen molar-refractivity contribution < 1.29 is 0 Å². The Balaban J connectivity index is 2.13. The summed E-state index contributed by atoms with van der Waals surface area (Å²) in [5, 5.41) is 9.31. The van der Waals surface area contributed by atoms with Crippen LogP contribution in [0.1, 0.15) is 11.3 Å². The van der Waals surface area contributed by atoms with E-state index < -0.39 is 0 Å². The minimum absolute atomic E-state index is 0.503. The quantitative estimate of drug-likeness (QED) is 0.895. The Morgan fingerprint density at radius 2 is 2.11 bits per heavy atom. The minimum atomic E-state index is 0.503. The van der Waals surface area contributed by atoms with E-state index in [2.05, 4.69) is 16.0 Å². The highest BCUT2D eigenvalue weighted by molar-refractivity contribution is 7.15. The second-order valence-electron chi connectivity index (χ2n) is 3.83. The number of aromatic nitrogens is 1. The van der Waals surface area contributed by atoms with Crippen molar-refractivity contribution in [2.24, 2.45) is 0 Å². The van der Waals surface area contributed by atoms with Crippen molar-refractivity contribution in [1.82, 2.24) is 4.98 Å². The van der Waals surface area contributed by atoms with Crippen LogP contribution in [0.5, 0.6) is 0 Å². The first kappa shape index (κ1) is 12.4. The zero-order valence-electron chi connectivity index (χ0n) is 9.91. The van der Waals surface area contributed by atoms with Crippen LogP contribution >= 0.6 is 11.3 Å². The molecule has 2 rings (SSSR count). The Labute approximate surface area is 110 Å². The van der Waals surface area contributed by atoms with E-state index in [1.807, 2.05) is 30.3 Å². The van der Waals surface area contributed by atoms with Gasteiger partial charge in [-0.15, -0.1) is 11.3 Å². The Kier molecular flexibility index (Phi) is 4.15. The number of nitrogens with zero attached hydrogens (tertiary/aromatic N) is 3. The van der Waals surface area contributed by atoms with Crippen LogP contribution in [0.2, 0.25) is 0 Å². The number of para-hydroxylation sites is 1. The predicted octanol–water partition coefficient (Wildman–Crippen LogP) is 2.65. The maximum absolute atomic E-state index is 8.73. The smallest absolute Gasteiger partial charge is 0.180 e. The zero-order chi connectivity index (χ0) is 12.8. The second-order valence-corrected chi connectivity index (χ2v) is 4.98. The fourth-order valence-electron chi connectivity index (χ4n) is 1.71. The molecule has 0 radical (unpaired) electrons. The summed E-state index contributed by atoms with van der Waals surface area (Å²) < 4.78 is 0. The van der Waals surface area contributed by atoms with Gasteiger partial charge in [-0.25, -0.2) is 4.98 Å². The van der Waals surface area contributed by atoms with Crippen LogP contribution in [-0.4, -0.2) is 11.5 Å². The molecule has 2 N–H and O–H groups in total. The molecule has 4 nitrogen and oxygen atoms in total. The van der Waals surface area contributed by atoms with E-state index >= 15 is 0 Å². The van der Waals surface area contributed by atoms with E-state index in [-0.39, 0.29) is 0 Å². The lowest BCUT2D eigenvalue weighted by atomic mass is 10.2.